The maximum Gasteiger partial charge on any atom is 0.325 e. The van der Waals surface area contributed by atoms with Crippen LogP contribution in [0.4, 0.5) is 0 Å². The van der Waals surface area contributed by atoms with Gasteiger partial charge >= 0.3 is 11.9 Å². The highest BCUT2D eigenvalue weighted by atomic mass is 16.4. The monoisotopic (exact) mass is 402 g/mol. The zero-order chi connectivity index (χ0) is 22.2. The van der Waals surface area contributed by atoms with Crippen molar-refractivity contribution in [3.05, 3.63) is 0 Å². The van der Waals surface area contributed by atoms with E-state index in [-0.39, 0.29) is 11.8 Å². The molecule has 4 unspecified atom stereocenters. The van der Waals surface area contributed by atoms with Crippen LogP contribution in [0.2, 0.25) is 0 Å². The Kier molecular flexibility index (Phi) is 10.1. The number of rotatable bonds is 11. The molecule has 0 heterocycles. The van der Waals surface area contributed by atoms with Gasteiger partial charge in [-0.2, -0.15) is 0 Å². The minimum Gasteiger partial charge on any atom is -0.481 e. The van der Waals surface area contributed by atoms with E-state index in [0.717, 1.165) is 0 Å². The third kappa shape index (κ3) is 8.33. The van der Waals surface area contributed by atoms with Crippen molar-refractivity contribution in [1.82, 2.24) is 16.0 Å². The molecule has 0 aliphatic rings. The zero-order valence-electron chi connectivity index (χ0n) is 16.7. The lowest BCUT2D eigenvalue weighted by molar-refractivity contribution is -0.142. The Balaban J connectivity index is 5.22. The van der Waals surface area contributed by atoms with Crippen LogP contribution in [-0.2, 0) is 24.0 Å². The number of nitrogens with one attached hydrogen (secondary N) is 3. The summed E-state index contributed by atoms with van der Waals surface area (Å²) in [6.45, 7) is 7.94. The first-order valence-corrected chi connectivity index (χ1v) is 8.89. The fraction of sp³-hybridized carbons (Fsp3) is 0.706. The van der Waals surface area contributed by atoms with E-state index in [4.69, 9.17) is 15.9 Å². The number of carbonyl (C=O) groups is 5. The van der Waals surface area contributed by atoms with Crippen LogP contribution in [0.5, 0.6) is 0 Å². The van der Waals surface area contributed by atoms with Crippen molar-refractivity contribution in [2.24, 2.45) is 17.6 Å². The van der Waals surface area contributed by atoms with E-state index in [1.165, 1.54) is 6.92 Å². The molecule has 0 saturated carbocycles. The lowest BCUT2D eigenvalue weighted by Gasteiger charge is -2.28. The molecule has 0 aromatic carbocycles. The lowest BCUT2D eigenvalue weighted by atomic mass is 9.99. The smallest absolute Gasteiger partial charge is 0.325 e. The molecule has 0 bridgehead atoms. The molecule has 4 atom stereocenters. The number of hydrogen-bond acceptors (Lipinski definition) is 6. The molecule has 0 spiro atoms. The minimum atomic E-state index is -1.33. The second-order valence-corrected chi connectivity index (χ2v) is 7.23. The van der Waals surface area contributed by atoms with Gasteiger partial charge in [-0.1, -0.05) is 27.7 Å². The van der Waals surface area contributed by atoms with Gasteiger partial charge in [-0.3, -0.25) is 24.0 Å². The maximum atomic E-state index is 12.6. The molecule has 11 nitrogen and oxygen atoms in total. The van der Waals surface area contributed by atoms with Crippen molar-refractivity contribution in [3.63, 3.8) is 0 Å². The number of amides is 3. The molecule has 11 heteroatoms. The van der Waals surface area contributed by atoms with Crippen LogP contribution in [0.3, 0.4) is 0 Å². The standard InChI is InChI=1S/C17H30N4O7/c1-7(2)12(15(25)19-9(5)17(27)28)21-16(26)13(8(3)4)20-14(24)10(18)6-11(22)23/h7-10,12-13H,6,18H2,1-5H3,(H,19,25)(H,20,24)(H,21,26)(H,22,23)(H,27,28). The van der Waals surface area contributed by atoms with Crippen LogP contribution >= 0.6 is 0 Å². The van der Waals surface area contributed by atoms with Crippen molar-refractivity contribution < 1.29 is 34.2 Å². The Morgan fingerprint density at radius 2 is 1.14 bits per heavy atom. The van der Waals surface area contributed by atoms with Crippen LogP contribution < -0.4 is 21.7 Å². The molecule has 0 aliphatic heterocycles. The summed E-state index contributed by atoms with van der Waals surface area (Å²) >= 11 is 0. The van der Waals surface area contributed by atoms with Crippen molar-refractivity contribution in [3.8, 4) is 0 Å². The van der Waals surface area contributed by atoms with E-state index < -0.39 is 60.2 Å². The average molecular weight is 402 g/mol. The topological polar surface area (TPSA) is 188 Å². The second kappa shape index (κ2) is 11.2. The van der Waals surface area contributed by atoms with Gasteiger partial charge in [0.1, 0.15) is 18.1 Å². The first-order chi connectivity index (χ1) is 12.8. The van der Waals surface area contributed by atoms with Gasteiger partial charge in [0.05, 0.1) is 12.5 Å². The normalized spacial score (nSPS) is 15.3. The molecule has 160 valence electrons. The second-order valence-electron chi connectivity index (χ2n) is 7.23. The summed E-state index contributed by atoms with van der Waals surface area (Å²) in [6, 6.07) is -4.55. The quantitative estimate of drug-likeness (QED) is 0.245. The van der Waals surface area contributed by atoms with Gasteiger partial charge in [0.2, 0.25) is 17.7 Å². The van der Waals surface area contributed by atoms with E-state index in [1.54, 1.807) is 27.7 Å². The minimum absolute atomic E-state index is 0.359. The molecule has 3 amide bonds. The molecule has 0 aromatic rings. The Bertz CT molecular complexity index is 606. The van der Waals surface area contributed by atoms with Crippen molar-refractivity contribution >= 4 is 29.7 Å². The summed E-state index contributed by atoms with van der Waals surface area (Å²) in [5, 5.41) is 24.8. The van der Waals surface area contributed by atoms with Crippen LogP contribution in [0.25, 0.3) is 0 Å². The molecular weight excluding hydrogens is 372 g/mol. The van der Waals surface area contributed by atoms with Crippen LogP contribution in [0.15, 0.2) is 0 Å². The van der Waals surface area contributed by atoms with E-state index in [1.807, 2.05) is 0 Å². The third-order valence-corrected chi connectivity index (χ3v) is 3.95. The highest BCUT2D eigenvalue weighted by molar-refractivity contribution is 5.94. The highest BCUT2D eigenvalue weighted by Crippen LogP contribution is 2.07. The number of carbonyl (C=O) groups excluding carboxylic acids is 3. The number of carboxylic acid groups (broad SMARTS) is 2. The predicted molar refractivity (Wildman–Crippen MR) is 99.0 cm³/mol. The van der Waals surface area contributed by atoms with Gasteiger partial charge in [-0.05, 0) is 18.8 Å². The molecule has 28 heavy (non-hydrogen) atoms. The predicted octanol–water partition coefficient (Wildman–Crippen LogP) is -1.34. The number of hydrogen-bond donors (Lipinski definition) is 6. The van der Waals surface area contributed by atoms with E-state index in [2.05, 4.69) is 16.0 Å². The number of carboxylic acids is 2. The molecule has 0 aliphatic carbocycles. The molecule has 0 fully saturated rings. The number of aliphatic carboxylic acids is 2. The van der Waals surface area contributed by atoms with Gasteiger partial charge in [0.25, 0.3) is 0 Å². The molecule has 0 saturated heterocycles. The Morgan fingerprint density at radius 1 is 0.750 bits per heavy atom. The van der Waals surface area contributed by atoms with Gasteiger partial charge in [0.15, 0.2) is 0 Å². The van der Waals surface area contributed by atoms with E-state index in [9.17, 15) is 24.0 Å². The summed E-state index contributed by atoms with van der Waals surface area (Å²) in [6.07, 6.45) is -0.595. The van der Waals surface area contributed by atoms with Crippen LogP contribution in [0.1, 0.15) is 41.0 Å². The van der Waals surface area contributed by atoms with Crippen molar-refractivity contribution in [2.75, 3.05) is 0 Å². The third-order valence-electron chi connectivity index (χ3n) is 3.95. The average Bonchev–Trinajstić information content (AvgIpc) is 2.55. The SMILES string of the molecule is CC(NC(=O)C(NC(=O)C(NC(=O)C(N)CC(=O)O)C(C)C)C(C)C)C(=O)O. The van der Waals surface area contributed by atoms with E-state index >= 15 is 0 Å². The van der Waals surface area contributed by atoms with E-state index in [0.29, 0.717) is 0 Å². The van der Waals surface area contributed by atoms with Gasteiger partial charge in [-0.15, -0.1) is 0 Å². The van der Waals surface area contributed by atoms with Gasteiger partial charge in [-0.25, -0.2) is 0 Å². The summed E-state index contributed by atoms with van der Waals surface area (Å²) in [5.41, 5.74) is 5.50. The molecular formula is C17H30N4O7. The lowest BCUT2D eigenvalue weighted by Crippen LogP contribution is -2.59. The summed E-state index contributed by atoms with van der Waals surface area (Å²) in [5.74, 6) is -5.35. The molecule has 7 N–H and O–H groups in total. The summed E-state index contributed by atoms with van der Waals surface area (Å²) in [4.78, 5) is 58.6. The van der Waals surface area contributed by atoms with Crippen LogP contribution in [-0.4, -0.2) is 64.0 Å². The van der Waals surface area contributed by atoms with Crippen molar-refractivity contribution in [2.45, 2.75) is 65.2 Å². The fourth-order valence-electron chi connectivity index (χ4n) is 2.22. The van der Waals surface area contributed by atoms with Gasteiger partial charge in [0, 0.05) is 0 Å². The summed E-state index contributed by atoms with van der Waals surface area (Å²) in [7, 11) is 0. The van der Waals surface area contributed by atoms with Crippen molar-refractivity contribution in [1.29, 1.82) is 0 Å². The molecule has 0 rings (SSSR count). The fourth-order valence-corrected chi connectivity index (χ4v) is 2.22. The Hall–Kier alpha value is -2.69. The molecule has 0 radical (unpaired) electrons. The summed E-state index contributed by atoms with van der Waals surface area (Å²) < 4.78 is 0. The first kappa shape index (κ1) is 25.3. The highest BCUT2D eigenvalue weighted by Gasteiger charge is 2.32. The van der Waals surface area contributed by atoms with Crippen LogP contribution in [0, 0.1) is 11.8 Å². The first-order valence-electron chi connectivity index (χ1n) is 8.89. The van der Waals surface area contributed by atoms with Gasteiger partial charge < -0.3 is 31.9 Å². The Morgan fingerprint density at radius 3 is 1.50 bits per heavy atom. The number of nitrogens with two attached hydrogens (primary N) is 1. The Labute approximate surface area is 163 Å². The maximum absolute atomic E-state index is 12.6. The zero-order valence-corrected chi connectivity index (χ0v) is 16.7. The largest absolute Gasteiger partial charge is 0.481 e. The molecule has 0 aromatic heterocycles.